The van der Waals surface area contributed by atoms with Gasteiger partial charge in [0.2, 0.25) is 0 Å². The molecule has 0 aromatic heterocycles. The summed E-state index contributed by atoms with van der Waals surface area (Å²) in [6, 6.07) is 0. The van der Waals surface area contributed by atoms with Crippen LogP contribution in [-0.2, 0) is 23.8 Å². The molecule has 0 aromatic rings. The molecule has 144 valence electrons. The first-order chi connectivity index (χ1) is 11.9. The van der Waals surface area contributed by atoms with E-state index in [2.05, 4.69) is 6.92 Å². The van der Waals surface area contributed by atoms with E-state index in [1.807, 2.05) is 13.8 Å². The van der Waals surface area contributed by atoms with Gasteiger partial charge in [0.05, 0.1) is 25.9 Å². The van der Waals surface area contributed by atoms with Gasteiger partial charge in [-0.1, -0.05) is 6.92 Å². The van der Waals surface area contributed by atoms with Crippen molar-refractivity contribution in [2.45, 2.75) is 33.3 Å². The number of carbonyl (C=O) groups excluding carboxylic acids is 2. The van der Waals surface area contributed by atoms with E-state index >= 15 is 0 Å². The average Bonchev–Trinajstić information content (AvgIpc) is 2.87. The number of imide groups is 1. The van der Waals surface area contributed by atoms with Crippen LogP contribution < -0.4 is 0 Å². The van der Waals surface area contributed by atoms with Crippen molar-refractivity contribution in [2.24, 2.45) is 5.41 Å². The predicted octanol–water partition coefficient (Wildman–Crippen LogP) is 2.13. The molecule has 1 atom stereocenters. The molecular formula is C18H31NO5S. The summed E-state index contributed by atoms with van der Waals surface area (Å²) in [7, 11) is 1.69. The standard InChI is InChI=1S/C18H31NO5S/c1-15(2)24-14-18(3,12-22-4)13-23-9-5-10-25-11-8-19-16(20)6-7-17(19)21/h6-7,15H,5,8-14H2,1-4H3. The van der Waals surface area contributed by atoms with Gasteiger partial charge in [-0.25, -0.2) is 0 Å². The molecule has 1 aliphatic rings. The Morgan fingerprint density at radius 3 is 2.40 bits per heavy atom. The number of amides is 2. The third kappa shape index (κ3) is 8.85. The Morgan fingerprint density at radius 2 is 1.80 bits per heavy atom. The Hall–Kier alpha value is -0.890. The van der Waals surface area contributed by atoms with Gasteiger partial charge >= 0.3 is 0 Å². The molecule has 25 heavy (non-hydrogen) atoms. The lowest BCUT2D eigenvalue weighted by Gasteiger charge is -2.29. The fourth-order valence-electron chi connectivity index (χ4n) is 2.33. The number of ether oxygens (including phenoxy) is 3. The molecule has 1 heterocycles. The number of hydrogen-bond donors (Lipinski definition) is 0. The summed E-state index contributed by atoms with van der Waals surface area (Å²) in [5, 5.41) is 0. The fourth-order valence-corrected chi connectivity index (χ4v) is 3.17. The van der Waals surface area contributed by atoms with E-state index < -0.39 is 0 Å². The molecule has 0 bridgehead atoms. The molecule has 0 N–H and O–H groups in total. The molecule has 0 aliphatic carbocycles. The van der Waals surface area contributed by atoms with E-state index in [0.717, 1.165) is 17.9 Å². The van der Waals surface area contributed by atoms with Crippen LogP contribution in [0.5, 0.6) is 0 Å². The Bertz CT molecular complexity index is 437. The third-order valence-electron chi connectivity index (χ3n) is 3.65. The van der Waals surface area contributed by atoms with Crippen LogP contribution >= 0.6 is 11.8 Å². The van der Waals surface area contributed by atoms with Gasteiger partial charge < -0.3 is 14.2 Å². The van der Waals surface area contributed by atoms with E-state index in [1.165, 1.54) is 17.1 Å². The topological polar surface area (TPSA) is 65.1 Å². The lowest BCUT2D eigenvalue weighted by atomic mass is 9.94. The van der Waals surface area contributed by atoms with Crippen LogP contribution in [0, 0.1) is 5.41 Å². The highest BCUT2D eigenvalue weighted by Crippen LogP contribution is 2.19. The highest BCUT2D eigenvalue weighted by molar-refractivity contribution is 7.99. The Labute approximate surface area is 155 Å². The van der Waals surface area contributed by atoms with Crippen molar-refractivity contribution in [2.75, 3.05) is 51.6 Å². The highest BCUT2D eigenvalue weighted by atomic mass is 32.2. The molecule has 1 rings (SSSR count). The molecule has 0 spiro atoms. The predicted molar refractivity (Wildman–Crippen MR) is 99.7 cm³/mol. The third-order valence-corrected chi connectivity index (χ3v) is 4.69. The number of carbonyl (C=O) groups is 2. The summed E-state index contributed by atoms with van der Waals surface area (Å²) < 4.78 is 16.8. The minimum absolute atomic E-state index is 0.143. The van der Waals surface area contributed by atoms with Crippen molar-refractivity contribution in [3.8, 4) is 0 Å². The number of rotatable bonds is 14. The van der Waals surface area contributed by atoms with Gasteiger partial charge in [0.15, 0.2) is 0 Å². The van der Waals surface area contributed by atoms with Crippen LogP contribution in [0.1, 0.15) is 27.2 Å². The highest BCUT2D eigenvalue weighted by Gasteiger charge is 2.26. The minimum atomic E-state index is -0.213. The zero-order valence-electron chi connectivity index (χ0n) is 15.8. The van der Waals surface area contributed by atoms with Crippen LogP contribution in [0.15, 0.2) is 12.2 Å². The second kappa shape index (κ2) is 11.7. The maximum atomic E-state index is 11.4. The zero-order chi connectivity index (χ0) is 18.7. The van der Waals surface area contributed by atoms with Gasteiger partial charge in [0.1, 0.15) is 0 Å². The average molecular weight is 374 g/mol. The second-order valence-corrected chi connectivity index (χ2v) is 8.01. The van der Waals surface area contributed by atoms with E-state index in [1.54, 1.807) is 18.9 Å². The molecular weight excluding hydrogens is 342 g/mol. The SMILES string of the molecule is COCC(C)(COCCCSCCN1C(=O)C=CC1=O)COC(C)C. The summed E-state index contributed by atoms with van der Waals surface area (Å²) in [6.45, 7) is 9.09. The normalized spacial score (nSPS) is 16.9. The van der Waals surface area contributed by atoms with Gasteiger partial charge in [-0.3, -0.25) is 14.5 Å². The largest absolute Gasteiger partial charge is 0.384 e. The molecule has 6 nitrogen and oxygen atoms in total. The monoisotopic (exact) mass is 373 g/mol. The van der Waals surface area contributed by atoms with Gasteiger partial charge in [-0.15, -0.1) is 0 Å². The lowest BCUT2D eigenvalue weighted by molar-refractivity contribution is -0.136. The quantitative estimate of drug-likeness (QED) is 0.343. The molecule has 0 radical (unpaired) electrons. The maximum absolute atomic E-state index is 11.4. The first-order valence-corrected chi connectivity index (χ1v) is 9.83. The van der Waals surface area contributed by atoms with E-state index in [4.69, 9.17) is 14.2 Å². The number of nitrogens with zero attached hydrogens (tertiary/aromatic N) is 1. The number of hydrogen-bond acceptors (Lipinski definition) is 6. The van der Waals surface area contributed by atoms with Crippen LogP contribution in [0.4, 0.5) is 0 Å². The van der Waals surface area contributed by atoms with Crippen molar-refractivity contribution in [3.05, 3.63) is 12.2 Å². The zero-order valence-corrected chi connectivity index (χ0v) is 16.6. The molecule has 0 saturated carbocycles. The summed E-state index contributed by atoms with van der Waals surface area (Å²) in [5.74, 6) is 1.26. The summed E-state index contributed by atoms with van der Waals surface area (Å²) >= 11 is 1.72. The molecule has 0 aromatic carbocycles. The maximum Gasteiger partial charge on any atom is 0.253 e. The number of methoxy groups -OCH3 is 1. The molecule has 1 unspecified atom stereocenters. The second-order valence-electron chi connectivity index (χ2n) is 6.78. The first-order valence-electron chi connectivity index (χ1n) is 8.67. The van der Waals surface area contributed by atoms with Crippen LogP contribution in [0.2, 0.25) is 0 Å². The van der Waals surface area contributed by atoms with Crippen LogP contribution in [-0.4, -0.2) is 74.4 Å². The van der Waals surface area contributed by atoms with Crippen molar-refractivity contribution >= 4 is 23.6 Å². The summed E-state index contributed by atoms with van der Waals surface area (Å²) in [5.41, 5.74) is -0.143. The van der Waals surface area contributed by atoms with Crippen molar-refractivity contribution in [1.29, 1.82) is 0 Å². The van der Waals surface area contributed by atoms with Crippen molar-refractivity contribution in [1.82, 2.24) is 4.90 Å². The Kier molecular flexibility index (Phi) is 10.3. The lowest BCUT2D eigenvalue weighted by Crippen LogP contribution is -2.35. The van der Waals surface area contributed by atoms with E-state index in [0.29, 0.717) is 33.0 Å². The molecule has 1 aliphatic heterocycles. The van der Waals surface area contributed by atoms with Crippen LogP contribution in [0.3, 0.4) is 0 Å². The molecule has 7 heteroatoms. The summed E-state index contributed by atoms with van der Waals surface area (Å²) in [4.78, 5) is 24.1. The van der Waals surface area contributed by atoms with Gasteiger partial charge in [0.25, 0.3) is 11.8 Å². The van der Waals surface area contributed by atoms with E-state index in [-0.39, 0.29) is 23.3 Å². The van der Waals surface area contributed by atoms with Gasteiger partial charge in [0, 0.05) is 43.6 Å². The Balaban J connectivity index is 2.08. The Morgan fingerprint density at radius 1 is 1.12 bits per heavy atom. The smallest absolute Gasteiger partial charge is 0.253 e. The first kappa shape index (κ1) is 22.2. The molecule has 0 fully saturated rings. The summed E-state index contributed by atoms with van der Waals surface area (Å²) in [6.07, 6.45) is 3.76. The fraction of sp³-hybridized carbons (Fsp3) is 0.778. The van der Waals surface area contributed by atoms with Crippen LogP contribution in [0.25, 0.3) is 0 Å². The van der Waals surface area contributed by atoms with Crippen molar-refractivity contribution in [3.63, 3.8) is 0 Å². The van der Waals surface area contributed by atoms with Gasteiger partial charge in [-0.05, 0) is 26.0 Å². The van der Waals surface area contributed by atoms with Gasteiger partial charge in [-0.2, -0.15) is 11.8 Å². The minimum Gasteiger partial charge on any atom is -0.384 e. The molecule has 2 amide bonds. The number of thioether (sulfide) groups is 1. The van der Waals surface area contributed by atoms with E-state index in [9.17, 15) is 9.59 Å². The van der Waals surface area contributed by atoms with Crippen molar-refractivity contribution < 1.29 is 23.8 Å². The molecule has 0 saturated heterocycles.